The van der Waals surface area contributed by atoms with Crippen LogP contribution < -0.4 is 0 Å². The summed E-state index contributed by atoms with van der Waals surface area (Å²) in [5.74, 6) is 0. The van der Waals surface area contributed by atoms with Crippen molar-refractivity contribution < 1.29 is 0 Å². The molecule has 1 nitrogen and oxygen atoms in total. The third kappa shape index (κ3) is 1.47. The van der Waals surface area contributed by atoms with Crippen molar-refractivity contribution in [3.63, 3.8) is 0 Å². The highest BCUT2D eigenvalue weighted by molar-refractivity contribution is 7.19. The van der Waals surface area contributed by atoms with Crippen LogP contribution in [0.3, 0.4) is 0 Å². The SMILES string of the molecule is Cc1cc(-c2cccs2)c2c3c(sc2n1)CCC3. The van der Waals surface area contributed by atoms with Gasteiger partial charge >= 0.3 is 0 Å². The zero-order valence-corrected chi connectivity index (χ0v) is 11.8. The van der Waals surface area contributed by atoms with E-state index in [9.17, 15) is 0 Å². The second-order valence-corrected chi connectivity index (χ2v) is 6.86. The molecular formula is C15H13NS2. The Bertz CT molecular complexity index is 723. The van der Waals surface area contributed by atoms with E-state index in [0.29, 0.717) is 0 Å². The zero-order valence-electron chi connectivity index (χ0n) is 10.2. The highest BCUT2D eigenvalue weighted by Gasteiger charge is 2.21. The molecule has 0 bridgehead atoms. The topological polar surface area (TPSA) is 12.9 Å². The number of rotatable bonds is 1. The van der Waals surface area contributed by atoms with Gasteiger partial charge in [-0.15, -0.1) is 22.7 Å². The molecule has 0 saturated heterocycles. The molecule has 0 radical (unpaired) electrons. The van der Waals surface area contributed by atoms with Crippen molar-refractivity contribution in [2.24, 2.45) is 0 Å². The average molecular weight is 271 g/mol. The lowest BCUT2D eigenvalue weighted by molar-refractivity contribution is 0.917. The summed E-state index contributed by atoms with van der Waals surface area (Å²) < 4.78 is 0. The molecule has 3 heteroatoms. The van der Waals surface area contributed by atoms with E-state index in [2.05, 4.69) is 30.5 Å². The first-order chi connectivity index (χ1) is 8.83. The van der Waals surface area contributed by atoms with Crippen molar-refractivity contribution in [3.05, 3.63) is 39.7 Å². The Balaban J connectivity index is 2.12. The Morgan fingerprint density at radius 1 is 1.28 bits per heavy atom. The van der Waals surface area contributed by atoms with Gasteiger partial charge in [-0.05, 0) is 49.3 Å². The lowest BCUT2D eigenvalue weighted by Crippen LogP contribution is -1.86. The first kappa shape index (κ1) is 10.7. The average Bonchev–Trinajstić information content (AvgIpc) is 3.03. The van der Waals surface area contributed by atoms with Crippen molar-refractivity contribution in [1.29, 1.82) is 0 Å². The van der Waals surface area contributed by atoms with Gasteiger partial charge in [0.05, 0.1) is 0 Å². The van der Waals surface area contributed by atoms with E-state index in [1.165, 1.54) is 39.9 Å². The number of aryl methyl sites for hydroxylation is 3. The quantitative estimate of drug-likeness (QED) is 0.618. The maximum atomic E-state index is 4.73. The van der Waals surface area contributed by atoms with Crippen LogP contribution in [0.15, 0.2) is 23.6 Å². The third-order valence-electron chi connectivity index (χ3n) is 3.59. The minimum absolute atomic E-state index is 1.13. The van der Waals surface area contributed by atoms with Gasteiger partial charge in [-0.25, -0.2) is 4.98 Å². The Hall–Kier alpha value is -1.19. The molecule has 0 N–H and O–H groups in total. The smallest absolute Gasteiger partial charge is 0.124 e. The van der Waals surface area contributed by atoms with Crippen LogP contribution in [-0.4, -0.2) is 4.98 Å². The molecule has 3 aromatic rings. The van der Waals surface area contributed by atoms with Crippen LogP contribution in [0.5, 0.6) is 0 Å². The van der Waals surface area contributed by atoms with E-state index in [4.69, 9.17) is 4.98 Å². The molecule has 3 aromatic heterocycles. The van der Waals surface area contributed by atoms with Crippen molar-refractivity contribution in [2.45, 2.75) is 26.2 Å². The molecule has 0 spiro atoms. The van der Waals surface area contributed by atoms with Gasteiger partial charge in [-0.2, -0.15) is 0 Å². The predicted molar refractivity (Wildman–Crippen MR) is 79.7 cm³/mol. The van der Waals surface area contributed by atoms with E-state index in [1.54, 1.807) is 10.4 Å². The second-order valence-electron chi connectivity index (χ2n) is 4.83. The van der Waals surface area contributed by atoms with Crippen molar-refractivity contribution in [2.75, 3.05) is 0 Å². The van der Waals surface area contributed by atoms with E-state index < -0.39 is 0 Å². The number of pyridine rings is 1. The van der Waals surface area contributed by atoms with Gasteiger partial charge in [0.1, 0.15) is 4.83 Å². The molecule has 0 amide bonds. The van der Waals surface area contributed by atoms with Gasteiger partial charge in [0.2, 0.25) is 0 Å². The number of aromatic nitrogens is 1. The van der Waals surface area contributed by atoms with Crippen LogP contribution in [0, 0.1) is 6.92 Å². The van der Waals surface area contributed by atoms with Crippen LogP contribution in [0.1, 0.15) is 22.6 Å². The number of hydrogen-bond acceptors (Lipinski definition) is 3. The molecule has 0 aliphatic heterocycles. The van der Waals surface area contributed by atoms with Crippen LogP contribution in [0.4, 0.5) is 0 Å². The lowest BCUT2D eigenvalue weighted by atomic mass is 10.1. The van der Waals surface area contributed by atoms with E-state index >= 15 is 0 Å². The molecule has 4 rings (SSSR count). The monoisotopic (exact) mass is 271 g/mol. The van der Waals surface area contributed by atoms with Gasteiger partial charge in [0, 0.05) is 26.4 Å². The Morgan fingerprint density at radius 3 is 3.06 bits per heavy atom. The number of nitrogens with zero attached hydrogens (tertiary/aromatic N) is 1. The minimum atomic E-state index is 1.13. The zero-order chi connectivity index (χ0) is 12.1. The molecule has 0 aromatic carbocycles. The number of thiophene rings is 2. The molecule has 0 unspecified atom stereocenters. The van der Waals surface area contributed by atoms with Gasteiger partial charge in [-0.1, -0.05) is 6.07 Å². The van der Waals surface area contributed by atoms with E-state index in [0.717, 1.165) is 5.69 Å². The van der Waals surface area contributed by atoms with Crippen molar-refractivity contribution >= 4 is 32.9 Å². The standard InChI is InChI=1S/C15H13NS2/c1-9-8-11(12-6-3-7-17-12)14-10-4-2-5-13(10)18-15(14)16-9/h3,6-8H,2,4-5H2,1H3. The summed E-state index contributed by atoms with van der Waals surface area (Å²) in [4.78, 5) is 8.92. The Kier molecular flexibility index (Phi) is 2.32. The minimum Gasteiger partial charge on any atom is -0.242 e. The molecule has 18 heavy (non-hydrogen) atoms. The maximum Gasteiger partial charge on any atom is 0.124 e. The van der Waals surface area contributed by atoms with Crippen molar-refractivity contribution in [1.82, 2.24) is 4.98 Å². The van der Waals surface area contributed by atoms with Crippen molar-refractivity contribution in [3.8, 4) is 10.4 Å². The lowest BCUT2D eigenvalue weighted by Gasteiger charge is -2.04. The summed E-state index contributed by atoms with van der Waals surface area (Å²) in [6.45, 7) is 2.10. The van der Waals surface area contributed by atoms with Gasteiger partial charge in [0.25, 0.3) is 0 Å². The largest absolute Gasteiger partial charge is 0.242 e. The molecule has 0 atom stereocenters. The molecule has 1 aliphatic carbocycles. The molecule has 0 saturated carbocycles. The second kappa shape index (κ2) is 3.90. The maximum absolute atomic E-state index is 4.73. The molecule has 3 heterocycles. The van der Waals surface area contributed by atoms with E-state index in [-0.39, 0.29) is 0 Å². The van der Waals surface area contributed by atoms with Gasteiger partial charge in [0.15, 0.2) is 0 Å². The molecule has 0 fully saturated rings. The first-order valence-electron chi connectivity index (χ1n) is 6.29. The highest BCUT2D eigenvalue weighted by atomic mass is 32.1. The summed E-state index contributed by atoms with van der Waals surface area (Å²) in [6, 6.07) is 6.60. The summed E-state index contributed by atoms with van der Waals surface area (Å²) in [5.41, 5.74) is 4.10. The van der Waals surface area contributed by atoms with Crippen LogP contribution in [-0.2, 0) is 12.8 Å². The molecular weight excluding hydrogens is 258 g/mol. The van der Waals surface area contributed by atoms with Gasteiger partial charge < -0.3 is 0 Å². The third-order valence-corrected chi connectivity index (χ3v) is 5.68. The van der Waals surface area contributed by atoms with Crippen LogP contribution in [0.25, 0.3) is 20.7 Å². The van der Waals surface area contributed by atoms with Gasteiger partial charge in [-0.3, -0.25) is 0 Å². The fraction of sp³-hybridized carbons (Fsp3) is 0.267. The first-order valence-corrected chi connectivity index (χ1v) is 7.98. The normalized spacial score (nSPS) is 14.3. The number of fused-ring (bicyclic) bond motifs is 3. The summed E-state index contributed by atoms with van der Waals surface area (Å²) in [5, 5.41) is 3.59. The van der Waals surface area contributed by atoms with Crippen LogP contribution in [0.2, 0.25) is 0 Å². The number of hydrogen-bond donors (Lipinski definition) is 0. The fourth-order valence-electron chi connectivity index (χ4n) is 2.85. The van der Waals surface area contributed by atoms with E-state index in [1.807, 2.05) is 22.7 Å². The fourth-order valence-corrected chi connectivity index (χ4v) is 4.93. The predicted octanol–water partition coefficient (Wildman–Crippen LogP) is 4.82. The Labute approximate surface area is 114 Å². The highest BCUT2D eigenvalue weighted by Crippen LogP contribution is 2.42. The molecule has 90 valence electrons. The summed E-state index contributed by atoms with van der Waals surface area (Å²) >= 11 is 3.73. The summed E-state index contributed by atoms with van der Waals surface area (Å²) in [7, 11) is 0. The summed E-state index contributed by atoms with van der Waals surface area (Å²) in [6.07, 6.45) is 3.80. The Morgan fingerprint density at radius 2 is 2.22 bits per heavy atom. The van der Waals surface area contributed by atoms with Crippen LogP contribution >= 0.6 is 22.7 Å². The molecule has 1 aliphatic rings.